The Morgan fingerprint density at radius 1 is 1.30 bits per heavy atom. The Labute approximate surface area is 120 Å². The lowest BCUT2D eigenvalue weighted by atomic mass is 10.1. The van der Waals surface area contributed by atoms with Crippen LogP contribution in [-0.4, -0.2) is 21.9 Å². The molecule has 0 aliphatic rings. The van der Waals surface area contributed by atoms with E-state index in [9.17, 15) is 13.2 Å². The first-order valence-electron chi connectivity index (χ1n) is 6.39. The van der Waals surface area contributed by atoms with Crippen LogP contribution in [-0.2, 0) is 13.0 Å². The van der Waals surface area contributed by atoms with Crippen LogP contribution in [0.2, 0.25) is 0 Å². The molecule has 1 aromatic carbocycles. The largest absolute Gasteiger partial charge is 0.441 e. The summed E-state index contributed by atoms with van der Waals surface area (Å²) in [6.45, 7) is 2.28. The second-order valence-electron chi connectivity index (χ2n) is 4.88. The molecule has 2 rings (SSSR count). The molecule has 0 radical (unpaired) electrons. The molecule has 0 saturated carbocycles. The number of rotatable bonds is 5. The summed E-state index contributed by atoms with van der Waals surface area (Å²) in [4.78, 5) is 0. The third-order valence-corrected chi connectivity index (χ3v) is 3.71. The molecule has 0 saturated heterocycles. The zero-order valence-corrected chi connectivity index (χ0v) is 12.0. The van der Waals surface area contributed by atoms with Gasteiger partial charge in [0.15, 0.2) is 0 Å². The van der Waals surface area contributed by atoms with E-state index in [4.69, 9.17) is 5.73 Å². The number of nitrogens with two attached hydrogens (primary N) is 1. The van der Waals surface area contributed by atoms with E-state index in [1.165, 1.54) is 0 Å². The van der Waals surface area contributed by atoms with Crippen molar-refractivity contribution in [2.24, 2.45) is 5.73 Å². The number of aryl methyl sites for hydroxylation is 1. The van der Waals surface area contributed by atoms with Crippen molar-refractivity contribution in [2.75, 3.05) is 5.75 Å². The van der Waals surface area contributed by atoms with E-state index >= 15 is 0 Å². The third-order valence-electron chi connectivity index (χ3n) is 2.99. The molecule has 0 spiro atoms. The van der Waals surface area contributed by atoms with Crippen LogP contribution in [0.3, 0.4) is 0 Å². The number of aromatic nitrogens is 1. The second kappa shape index (κ2) is 6.10. The minimum Gasteiger partial charge on any atom is -0.347 e. The number of fused-ring (bicyclic) bond motifs is 1. The fourth-order valence-electron chi connectivity index (χ4n) is 2.18. The Bertz CT molecular complexity index is 575. The smallest absolute Gasteiger partial charge is 0.347 e. The molecule has 20 heavy (non-hydrogen) atoms. The third kappa shape index (κ3) is 4.18. The normalized spacial score (nSPS) is 13.8. The van der Waals surface area contributed by atoms with Crippen LogP contribution in [0.15, 0.2) is 30.5 Å². The number of alkyl halides is 3. The van der Waals surface area contributed by atoms with Crippen molar-refractivity contribution in [3.63, 3.8) is 0 Å². The maximum absolute atomic E-state index is 12.1. The van der Waals surface area contributed by atoms with Crippen LogP contribution in [0, 0.1) is 0 Å². The fraction of sp³-hybridized carbons (Fsp3) is 0.429. The molecule has 1 unspecified atom stereocenters. The first-order chi connectivity index (χ1) is 9.35. The molecule has 6 heteroatoms. The highest BCUT2D eigenvalue weighted by Gasteiger charge is 2.27. The summed E-state index contributed by atoms with van der Waals surface area (Å²) in [6, 6.07) is 8.00. The molecule has 0 aliphatic carbocycles. The van der Waals surface area contributed by atoms with Gasteiger partial charge in [0, 0.05) is 30.1 Å². The van der Waals surface area contributed by atoms with Gasteiger partial charge in [-0.15, -0.1) is 0 Å². The van der Waals surface area contributed by atoms with Gasteiger partial charge in [-0.25, -0.2) is 0 Å². The predicted molar refractivity (Wildman–Crippen MR) is 77.8 cm³/mol. The molecule has 0 fully saturated rings. The topological polar surface area (TPSA) is 30.9 Å². The molecule has 110 valence electrons. The minimum absolute atomic E-state index is 0.0144. The van der Waals surface area contributed by atoms with Crippen molar-refractivity contribution in [3.05, 3.63) is 36.0 Å². The van der Waals surface area contributed by atoms with Crippen LogP contribution < -0.4 is 5.73 Å². The van der Waals surface area contributed by atoms with Crippen molar-refractivity contribution < 1.29 is 13.2 Å². The quantitative estimate of drug-likeness (QED) is 0.911. The second-order valence-corrected chi connectivity index (χ2v) is 6.04. The average molecular weight is 302 g/mol. The van der Waals surface area contributed by atoms with Crippen LogP contribution in [0.25, 0.3) is 10.9 Å². The number of thioether (sulfide) groups is 1. The van der Waals surface area contributed by atoms with Gasteiger partial charge >= 0.3 is 5.51 Å². The summed E-state index contributed by atoms with van der Waals surface area (Å²) in [5.74, 6) is 0.0187. The molecule has 0 aliphatic heterocycles. The summed E-state index contributed by atoms with van der Waals surface area (Å²) in [5, 5.41) is 1.04. The van der Waals surface area contributed by atoms with Gasteiger partial charge in [0.2, 0.25) is 0 Å². The zero-order valence-electron chi connectivity index (χ0n) is 11.2. The Morgan fingerprint density at radius 3 is 2.70 bits per heavy atom. The maximum Gasteiger partial charge on any atom is 0.441 e. The van der Waals surface area contributed by atoms with E-state index in [0.717, 1.165) is 22.9 Å². The number of hydrogen-bond donors (Lipinski definition) is 1. The van der Waals surface area contributed by atoms with E-state index in [-0.39, 0.29) is 23.6 Å². The molecule has 2 aromatic rings. The fourth-order valence-corrected chi connectivity index (χ4v) is 2.70. The minimum atomic E-state index is -4.16. The van der Waals surface area contributed by atoms with Crippen molar-refractivity contribution in [3.8, 4) is 0 Å². The van der Waals surface area contributed by atoms with Crippen molar-refractivity contribution in [1.82, 2.24) is 4.57 Å². The lowest BCUT2D eigenvalue weighted by Crippen LogP contribution is -2.17. The monoisotopic (exact) mass is 302 g/mol. The van der Waals surface area contributed by atoms with Crippen molar-refractivity contribution in [2.45, 2.75) is 31.4 Å². The van der Waals surface area contributed by atoms with Gasteiger partial charge in [0.25, 0.3) is 0 Å². The van der Waals surface area contributed by atoms with E-state index in [1.807, 2.05) is 42.0 Å². The summed E-state index contributed by atoms with van der Waals surface area (Å²) in [6.07, 6.45) is 2.59. The molecule has 1 aromatic heterocycles. The molecule has 2 N–H and O–H groups in total. The van der Waals surface area contributed by atoms with Crippen molar-refractivity contribution >= 4 is 22.7 Å². The first-order valence-corrected chi connectivity index (χ1v) is 7.38. The summed E-state index contributed by atoms with van der Waals surface area (Å²) in [7, 11) is 0. The van der Waals surface area contributed by atoms with E-state index < -0.39 is 5.51 Å². The molecular formula is C14H17F3N2S. The van der Waals surface area contributed by atoms with E-state index in [0.29, 0.717) is 6.54 Å². The predicted octanol–water partition coefficient (Wildman–Crippen LogP) is 3.78. The molecule has 0 amide bonds. The standard InChI is InChI=1S/C14H17F3N2S/c1-10(18)8-11-2-3-12-4-5-19(13(12)9-11)6-7-20-14(15,16)17/h2-5,9-10H,6-8,18H2,1H3. The molecule has 0 bridgehead atoms. The summed E-state index contributed by atoms with van der Waals surface area (Å²) in [5.41, 5.74) is 3.68. The Kier molecular flexibility index (Phi) is 4.65. The van der Waals surface area contributed by atoms with Crippen LogP contribution in [0.5, 0.6) is 0 Å². The van der Waals surface area contributed by atoms with Gasteiger partial charge in [-0.3, -0.25) is 0 Å². The summed E-state index contributed by atoms with van der Waals surface area (Å²) < 4.78 is 38.3. The molecule has 1 atom stereocenters. The SMILES string of the molecule is CC(N)Cc1ccc2ccn(CCSC(F)(F)F)c2c1. The molecule has 1 heterocycles. The highest BCUT2D eigenvalue weighted by Crippen LogP contribution is 2.30. The number of nitrogens with zero attached hydrogens (tertiary/aromatic N) is 1. The number of hydrogen-bond acceptors (Lipinski definition) is 2. The molecule has 2 nitrogen and oxygen atoms in total. The number of halogens is 3. The van der Waals surface area contributed by atoms with Gasteiger partial charge < -0.3 is 10.3 Å². The van der Waals surface area contributed by atoms with Crippen LogP contribution >= 0.6 is 11.8 Å². The van der Waals surface area contributed by atoms with Gasteiger partial charge in [-0.1, -0.05) is 12.1 Å². The Balaban J connectivity index is 2.13. The van der Waals surface area contributed by atoms with Crippen molar-refractivity contribution in [1.29, 1.82) is 0 Å². The van der Waals surface area contributed by atoms with E-state index in [1.54, 1.807) is 0 Å². The van der Waals surface area contributed by atoms with Gasteiger partial charge in [0.1, 0.15) is 0 Å². The van der Waals surface area contributed by atoms with Gasteiger partial charge in [-0.05, 0) is 48.2 Å². The molecular weight excluding hydrogens is 285 g/mol. The Morgan fingerprint density at radius 2 is 2.05 bits per heavy atom. The summed E-state index contributed by atoms with van der Waals surface area (Å²) >= 11 is 0.0144. The maximum atomic E-state index is 12.1. The average Bonchev–Trinajstić information content (AvgIpc) is 2.70. The van der Waals surface area contributed by atoms with Gasteiger partial charge in [0.05, 0.1) is 0 Å². The first kappa shape index (κ1) is 15.3. The zero-order chi connectivity index (χ0) is 14.8. The Hall–Kier alpha value is -1.14. The highest BCUT2D eigenvalue weighted by molar-refractivity contribution is 8.00. The lowest BCUT2D eigenvalue weighted by Gasteiger charge is -2.09. The highest BCUT2D eigenvalue weighted by atomic mass is 32.2. The number of benzene rings is 1. The lowest BCUT2D eigenvalue weighted by molar-refractivity contribution is -0.0328. The van der Waals surface area contributed by atoms with Gasteiger partial charge in [-0.2, -0.15) is 13.2 Å². The van der Waals surface area contributed by atoms with E-state index in [2.05, 4.69) is 0 Å². The van der Waals surface area contributed by atoms with Crippen LogP contribution in [0.1, 0.15) is 12.5 Å². The van der Waals surface area contributed by atoms with Crippen LogP contribution in [0.4, 0.5) is 13.2 Å².